The van der Waals surface area contributed by atoms with Crippen molar-refractivity contribution in [1.29, 1.82) is 0 Å². The minimum absolute atomic E-state index is 0.0707. The van der Waals surface area contributed by atoms with E-state index in [2.05, 4.69) is 429 Å². The first-order chi connectivity index (χ1) is 69.7. The molecule has 0 aliphatic heterocycles. The molecule has 0 saturated heterocycles. The second-order valence-corrected chi connectivity index (χ2v) is 36.7. The minimum atomic E-state index is -0.0707. The monoisotopic (exact) mass is 1800 g/mol. The zero-order valence-electron chi connectivity index (χ0n) is 76.9. The van der Waals surface area contributed by atoms with Gasteiger partial charge in [-0.2, -0.15) is 9.97 Å². The van der Waals surface area contributed by atoms with E-state index in [0.29, 0.717) is 29.5 Å². The Balaban J connectivity index is 0.000000106. The molecule has 0 N–H and O–H groups in total. The van der Waals surface area contributed by atoms with Gasteiger partial charge in [0.25, 0.3) is 0 Å². The lowest BCUT2D eigenvalue weighted by atomic mass is 9.82. The second-order valence-electron chi connectivity index (χ2n) is 36.7. The molecule has 13 nitrogen and oxygen atoms in total. The molecule has 13 heteroatoms. The second kappa shape index (κ2) is 33.3. The molecule has 0 saturated carbocycles. The molecule has 0 unspecified atom stereocenters. The van der Waals surface area contributed by atoms with Crippen LogP contribution in [-0.2, 0) is 5.41 Å². The van der Waals surface area contributed by atoms with Gasteiger partial charge in [0.1, 0.15) is 0 Å². The Bertz CT molecular complexity index is 9650. The third kappa shape index (κ3) is 13.6. The van der Waals surface area contributed by atoms with Gasteiger partial charge in [0.05, 0.1) is 77.6 Å². The Labute approximate surface area is 811 Å². The molecule has 0 spiro atoms. The van der Waals surface area contributed by atoms with Crippen molar-refractivity contribution in [2.45, 2.75) is 19.3 Å². The van der Waals surface area contributed by atoms with Gasteiger partial charge >= 0.3 is 0 Å². The highest BCUT2D eigenvalue weighted by atomic mass is 15.2. The van der Waals surface area contributed by atoms with Gasteiger partial charge in [-0.15, -0.1) is 0 Å². The summed E-state index contributed by atoms with van der Waals surface area (Å²) in [6.45, 7) is 4.64. The molecule has 1 aliphatic carbocycles. The van der Waals surface area contributed by atoms with Crippen LogP contribution in [0.4, 0.5) is 0 Å². The van der Waals surface area contributed by atoms with E-state index in [1.54, 1.807) is 0 Å². The minimum Gasteiger partial charge on any atom is -0.309 e. The molecule has 0 radical (unpaired) electrons. The van der Waals surface area contributed by atoms with Gasteiger partial charge in [0, 0.05) is 122 Å². The zero-order valence-corrected chi connectivity index (χ0v) is 76.9. The Morgan fingerprint density at radius 1 is 0.170 bits per heavy atom. The van der Waals surface area contributed by atoms with E-state index < -0.39 is 0 Å². The van der Waals surface area contributed by atoms with Crippen molar-refractivity contribution in [3.8, 4) is 114 Å². The lowest BCUT2D eigenvalue weighted by Crippen LogP contribution is -2.15. The van der Waals surface area contributed by atoms with E-state index >= 15 is 0 Å². The molecule has 0 amide bonds. The van der Waals surface area contributed by atoms with Crippen LogP contribution in [0.25, 0.3) is 244 Å². The SMILES string of the molecule is CC1(C)c2ccccc2-c2ccc(-c3ccnc(-n4c5ccccc5c5cc(-n6c7ccccc7c7ccccc76)ccc54)n3)cc21.c1ccc(-c2ccc(-c3ccnc(-n4c5ccccc5c5cc(-n6c7ccccc7c7ccccc76)ccc54)n3)cc2)cc1.c1ccc(-c2nc(-c3ccccc3)nc(-n3c4ccccc4c4cc(-c5cccc(-n6c7ccccc7c7ccccc76)c5)ccc43)n2)cc1. The molecular formula is C128H85N13. The molecule has 29 rings (SSSR count). The first-order valence-electron chi connectivity index (χ1n) is 47.8. The third-order valence-corrected chi connectivity index (χ3v) is 28.4. The predicted molar refractivity (Wildman–Crippen MR) is 580 cm³/mol. The summed E-state index contributed by atoms with van der Waals surface area (Å²) < 4.78 is 13.7. The quantitative estimate of drug-likeness (QED) is 0.119. The maximum atomic E-state index is 5.21. The van der Waals surface area contributed by atoms with Crippen LogP contribution in [0.1, 0.15) is 25.0 Å². The summed E-state index contributed by atoms with van der Waals surface area (Å²) in [5.41, 5.74) is 32.8. The molecular weight excluding hydrogens is 1720 g/mol. The lowest BCUT2D eigenvalue weighted by molar-refractivity contribution is 0.660. The summed E-state index contributed by atoms with van der Waals surface area (Å²) in [6.07, 6.45) is 3.74. The fourth-order valence-electron chi connectivity index (χ4n) is 21.9. The van der Waals surface area contributed by atoms with Gasteiger partial charge in [-0.3, -0.25) is 13.7 Å². The van der Waals surface area contributed by atoms with Crippen molar-refractivity contribution in [3.05, 3.63) is 491 Å². The molecule has 1 aliphatic rings. The summed E-state index contributed by atoms with van der Waals surface area (Å²) in [7, 11) is 0. The van der Waals surface area contributed by atoms with Gasteiger partial charge in [0.15, 0.2) is 11.6 Å². The smallest absolute Gasteiger partial charge is 0.238 e. The van der Waals surface area contributed by atoms with Crippen molar-refractivity contribution >= 4 is 131 Å². The van der Waals surface area contributed by atoms with E-state index in [0.717, 1.165) is 106 Å². The number of aromatic nitrogens is 13. The Hall–Kier alpha value is -18.9. The van der Waals surface area contributed by atoms with E-state index in [1.165, 1.54) is 120 Å². The number of rotatable bonds is 12. The zero-order chi connectivity index (χ0) is 93.3. The van der Waals surface area contributed by atoms with Crippen LogP contribution in [-0.4, -0.2) is 62.3 Å². The Morgan fingerprint density at radius 2 is 0.468 bits per heavy atom. The van der Waals surface area contributed by atoms with Gasteiger partial charge in [-0.05, 0) is 178 Å². The highest BCUT2D eigenvalue weighted by Gasteiger charge is 2.36. The highest BCUT2D eigenvalue weighted by Crippen LogP contribution is 2.51. The maximum Gasteiger partial charge on any atom is 0.238 e. The molecule has 0 fully saturated rings. The van der Waals surface area contributed by atoms with Crippen LogP contribution < -0.4 is 0 Å². The number of benzene rings is 19. The highest BCUT2D eigenvalue weighted by molar-refractivity contribution is 6.16. The summed E-state index contributed by atoms with van der Waals surface area (Å²) in [5, 5.41) is 14.5. The number of fused-ring (bicyclic) bond motifs is 21. The Kier molecular flexibility index (Phi) is 19.3. The van der Waals surface area contributed by atoms with Crippen LogP contribution in [0.2, 0.25) is 0 Å². The van der Waals surface area contributed by atoms with Crippen LogP contribution in [0.3, 0.4) is 0 Å². The van der Waals surface area contributed by atoms with Gasteiger partial charge in [0.2, 0.25) is 17.8 Å². The number of para-hydroxylation sites is 9. The molecule has 0 atom stereocenters. The number of hydrogen-bond acceptors (Lipinski definition) is 7. The van der Waals surface area contributed by atoms with E-state index in [1.807, 2.05) is 91.3 Å². The molecule has 19 aromatic carbocycles. The molecule has 0 bridgehead atoms. The summed E-state index contributed by atoms with van der Waals surface area (Å²) in [6, 6.07) is 165. The number of hydrogen-bond donors (Lipinski definition) is 0. The predicted octanol–water partition coefficient (Wildman–Crippen LogP) is 31.7. The maximum absolute atomic E-state index is 5.21. The van der Waals surface area contributed by atoms with Crippen molar-refractivity contribution in [3.63, 3.8) is 0 Å². The van der Waals surface area contributed by atoms with E-state index in [4.69, 9.17) is 34.9 Å². The van der Waals surface area contributed by atoms with Crippen molar-refractivity contribution in [1.82, 2.24) is 62.3 Å². The van der Waals surface area contributed by atoms with Gasteiger partial charge < -0.3 is 13.7 Å². The normalized spacial score (nSPS) is 12.2. The van der Waals surface area contributed by atoms with Crippen LogP contribution >= 0.6 is 0 Å². The van der Waals surface area contributed by atoms with Gasteiger partial charge in [-0.1, -0.05) is 347 Å². The molecule has 141 heavy (non-hydrogen) atoms. The summed E-state index contributed by atoms with van der Waals surface area (Å²) in [4.78, 5) is 35.0. The lowest BCUT2D eigenvalue weighted by Gasteiger charge is -2.21. The molecule has 9 heterocycles. The average molecular weight is 1810 g/mol. The molecule has 9 aromatic heterocycles. The van der Waals surface area contributed by atoms with Crippen molar-refractivity contribution in [2.24, 2.45) is 0 Å². The van der Waals surface area contributed by atoms with Crippen LogP contribution in [0.15, 0.2) is 480 Å². The molecule has 662 valence electrons. The standard InChI is InChI=1S/C45H29N5.C43H30N4.C40H26N4/c1-3-14-30(15-4-1)43-46-44(31-16-5-2-6-17-31)48-45(47-43)50-41-25-12-9-22-37(41)38-29-33(26-27-42(38)50)32-18-13-19-34(28-32)49-39-23-10-7-20-35(39)36-21-8-11-24-40(36)49;1-43(2)35-15-7-3-11-29(35)30-21-19-27(25-36(30)43)37-23-24-44-42(45-37)47-40-18-10-6-14-33(40)34-26-28(20-22-41(34)47)46-38-16-8-4-12-31(38)32-13-5-9-17-39(32)46;1-2-10-27(11-3-1)28-18-20-29(21-19-28)35-24-25-41-40(42-35)44-38-17-9-6-14-33(38)34-26-30(22-23-39(34)44)43-36-15-7-4-12-31(36)32-13-5-8-16-37(32)43/h1-29H;3-26H,1-2H3;1-26H. The van der Waals surface area contributed by atoms with E-state index in [-0.39, 0.29) is 5.41 Å². The van der Waals surface area contributed by atoms with Crippen LogP contribution in [0, 0.1) is 0 Å². The summed E-state index contributed by atoms with van der Waals surface area (Å²) in [5.74, 6) is 3.19. The van der Waals surface area contributed by atoms with Gasteiger partial charge in [-0.25, -0.2) is 24.9 Å². The summed E-state index contributed by atoms with van der Waals surface area (Å²) >= 11 is 0. The first-order valence-corrected chi connectivity index (χ1v) is 47.8. The number of nitrogens with zero attached hydrogens (tertiary/aromatic N) is 13. The third-order valence-electron chi connectivity index (χ3n) is 28.4. The fourth-order valence-corrected chi connectivity index (χ4v) is 21.9. The topological polar surface area (TPSA) is 120 Å². The molecule has 28 aromatic rings. The fraction of sp³-hybridized carbons (Fsp3) is 0.0234. The van der Waals surface area contributed by atoms with Crippen molar-refractivity contribution < 1.29 is 0 Å². The first kappa shape index (κ1) is 81.7. The van der Waals surface area contributed by atoms with E-state index in [9.17, 15) is 0 Å². The largest absolute Gasteiger partial charge is 0.309 e. The van der Waals surface area contributed by atoms with Crippen LogP contribution in [0.5, 0.6) is 0 Å². The average Bonchev–Trinajstić information content (AvgIpc) is 1.59. The van der Waals surface area contributed by atoms with Crippen molar-refractivity contribution in [2.75, 3.05) is 0 Å². The Morgan fingerprint density at radius 3 is 0.908 bits per heavy atom.